The summed E-state index contributed by atoms with van der Waals surface area (Å²) < 4.78 is 7.11. The van der Waals surface area contributed by atoms with E-state index in [0.29, 0.717) is 17.9 Å². The molecule has 4 rings (SSSR count). The number of aliphatic hydroxyl groups excluding tert-OH is 2. The van der Waals surface area contributed by atoms with Crippen molar-refractivity contribution in [3.05, 3.63) is 22.5 Å². The molecule has 2 aliphatic heterocycles. The van der Waals surface area contributed by atoms with Crippen molar-refractivity contribution in [3.8, 4) is 0 Å². The highest BCUT2D eigenvalue weighted by Crippen LogP contribution is 2.42. The van der Waals surface area contributed by atoms with Gasteiger partial charge in [-0.2, -0.15) is 0 Å². The molecule has 0 aromatic carbocycles. The molecule has 0 aliphatic carbocycles. The highest BCUT2D eigenvalue weighted by molar-refractivity contribution is 5.70. The topological polar surface area (TPSA) is 113 Å². The first-order chi connectivity index (χ1) is 8.66. The number of aromatic nitrogens is 4. The van der Waals surface area contributed by atoms with Gasteiger partial charge in [0.2, 0.25) is 0 Å². The molecule has 8 heteroatoms. The smallest absolute Gasteiger partial charge is 0.278 e. The molecule has 18 heavy (non-hydrogen) atoms. The average Bonchev–Trinajstić information content (AvgIpc) is 2.88. The van der Waals surface area contributed by atoms with Crippen LogP contribution in [0.15, 0.2) is 11.1 Å². The number of fused-ring (bicyclic) bond motifs is 6. The molecule has 1 fully saturated rings. The van der Waals surface area contributed by atoms with Gasteiger partial charge in [0.1, 0.15) is 24.3 Å². The van der Waals surface area contributed by atoms with Crippen molar-refractivity contribution in [2.75, 3.05) is 0 Å². The van der Waals surface area contributed by atoms with Crippen molar-refractivity contribution in [2.45, 2.75) is 31.0 Å². The lowest BCUT2D eigenvalue weighted by atomic mass is 10.1. The fourth-order valence-electron chi connectivity index (χ4n) is 2.70. The predicted octanol–water partition coefficient (Wildman–Crippen LogP) is -1.19. The van der Waals surface area contributed by atoms with E-state index < -0.39 is 24.5 Å². The summed E-state index contributed by atoms with van der Waals surface area (Å²) in [6.45, 7) is 0. The Hall–Kier alpha value is -1.77. The van der Waals surface area contributed by atoms with E-state index in [-0.39, 0.29) is 11.1 Å². The Labute approximate surface area is 99.9 Å². The number of aromatic amines is 1. The normalized spacial score (nSPS) is 33.9. The summed E-state index contributed by atoms with van der Waals surface area (Å²) in [6.07, 6.45) is -1.25. The number of imidazole rings is 1. The average molecular weight is 250 g/mol. The van der Waals surface area contributed by atoms with Gasteiger partial charge >= 0.3 is 0 Å². The minimum Gasteiger partial charge on any atom is -0.390 e. The Morgan fingerprint density at radius 2 is 2.33 bits per heavy atom. The first-order valence-corrected chi connectivity index (χ1v) is 5.64. The first kappa shape index (κ1) is 10.2. The fraction of sp³-hybridized carbons (Fsp3) is 0.500. The molecule has 0 amide bonds. The minimum absolute atomic E-state index is 0.178. The van der Waals surface area contributed by atoms with Crippen LogP contribution in [0.25, 0.3) is 11.2 Å². The Morgan fingerprint density at radius 3 is 3.17 bits per heavy atom. The molecule has 2 aliphatic rings. The van der Waals surface area contributed by atoms with Crippen LogP contribution in [0.3, 0.4) is 0 Å². The number of aliphatic hydroxyl groups is 2. The third kappa shape index (κ3) is 1.07. The minimum atomic E-state index is -1.05. The number of ether oxygens (including phenoxy) is 1. The van der Waals surface area contributed by atoms with Gasteiger partial charge in [-0.1, -0.05) is 0 Å². The first-order valence-electron chi connectivity index (χ1n) is 5.64. The van der Waals surface area contributed by atoms with Crippen LogP contribution < -0.4 is 5.56 Å². The Balaban J connectivity index is 2.06. The molecule has 0 saturated carbocycles. The zero-order valence-electron chi connectivity index (χ0n) is 9.15. The molecule has 2 aromatic heterocycles. The van der Waals surface area contributed by atoms with Gasteiger partial charge in [-0.15, -0.1) is 0 Å². The van der Waals surface area contributed by atoms with Crippen LogP contribution >= 0.6 is 0 Å². The van der Waals surface area contributed by atoms with Gasteiger partial charge < -0.3 is 19.9 Å². The predicted molar refractivity (Wildman–Crippen MR) is 57.6 cm³/mol. The van der Waals surface area contributed by atoms with Gasteiger partial charge in [0.05, 0.1) is 12.4 Å². The van der Waals surface area contributed by atoms with Gasteiger partial charge in [0, 0.05) is 6.42 Å². The van der Waals surface area contributed by atoms with Crippen LogP contribution in [-0.2, 0) is 4.74 Å². The number of hydrogen-bond acceptors (Lipinski definition) is 6. The summed E-state index contributed by atoms with van der Waals surface area (Å²) in [4.78, 5) is 22.3. The summed E-state index contributed by atoms with van der Waals surface area (Å²) in [6, 6.07) is 0. The number of H-pyrrole nitrogens is 1. The Bertz CT molecular complexity index is 693. The van der Waals surface area contributed by atoms with Gasteiger partial charge in [-0.3, -0.25) is 9.36 Å². The standard InChI is InChI=1S/C10H10N4O4/c15-3-1-4-14-8-5(10(17)12-2-11-8)13-9(14)6(16)7(3)18-4/h2-4,6-7,15-16H,1H2,(H,11,12,17)/t3-,4+,6-,7-/m0/s1. The van der Waals surface area contributed by atoms with Gasteiger partial charge in [-0.05, 0) is 0 Å². The molecule has 2 bridgehead atoms. The van der Waals surface area contributed by atoms with E-state index in [1.54, 1.807) is 4.57 Å². The molecule has 1 saturated heterocycles. The second kappa shape index (κ2) is 3.16. The highest BCUT2D eigenvalue weighted by atomic mass is 16.5. The zero-order chi connectivity index (χ0) is 12.4. The number of hydrogen-bond donors (Lipinski definition) is 3. The Morgan fingerprint density at radius 1 is 1.50 bits per heavy atom. The van der Waals surface area contributed by atoms with Gasteiger partial charge in [0.15, 0.2) is 11.2 Å². The van der Waals surface area contributed by atoms with Crippen molar-refractivity contribution >= 4 is 11.2 Å². The molecular weight excluding hydrogens is 240 g/mol. The summed E-state index contributed by atoms with van der Waals surface area (Å²) in [5.41, 5.74) is 0.188. The third-order valence-corrected chi connectivity index (χ3v) is 3.51. The fourth-order valence-corrected chi connectivity index (χ4v) is 2.70. The molecule has 3 N–H and O–H groups in total. The maximum Gasteiger partial charge on any atom is 0.278 e. The lowest BCUT2D eigenvalue weighted by Crippen LogP contribution is -2.33. The van der Waals surface area contributed by atoms with Gasteiger partial charge in [0.25, 0.3) is 5.56 Å². The van der Waals surface area contributed by atoms with Gasteiger partial charge in [-0.25, -0.2) is 9.97 Å². The van der Waals surface area contributed by atoms with Crippen molar-refractivity contribution in [3.63, 3.8) is 0 Å². The van der Waals surface area contributed by atoms with E-state index in [4.69, 9.17) is 4.74 Å². The second-order valence-electron chi connectivity index (χ2n) is 4.55. The quantitative estimate of drug-likeness (QED) is 0.542. The van der Waals surface area contributed by atoms with Crippen LogP contribution in [-0.4, -0.2) is 41.9 Å². The zero-order valence-corrected chi connectivity index (χ0v) is 9.15. The number of nitrogens with one attached hydrogen (secondary N) is 1. The van der Waals surface area contributed by atoms with E-state index in [0.717, 1.165) is 0 Å². The number of nitrogens with zero attached hydrogens (tertiary/aromatic N) is 3. The maximum atomic E-state index is 11.6. The van der Waals surface area contributed by atoms with E-state index >= 15 is 0 Å². The van der Waals surface area contributed by atoms with E-state index in [1.165, 1.54) is 6.33 Å². The largest absolute Gasteiger partial charge is 0.390 e. The third-order valence-electron chi connectivity index (χ3n) is 3.51. The Kier molecular flexibility index (Phi) is 1.79. The van der Waals surface area contributed by atoms with Crippen LogP contribution in [0.4, 0.5) is 0 Å². The molecular formula is C10H10N4O4. The molecule has 0 spiro atoms. The molecule has 94 valence electrons. The van der Waals surface area contributed by atoms with Crippen LogP contribution in [0.1, 0.15) is 24.6 Å². The van der Waals surface area contributed by atoms with Crippen molar-refractivity contribution < 1.29 is 14.9 Å². The van der Waals surface area contributed by atoms with Crippen molar-refractivity contribution in [2.24, 2.45) is 0 Å². The summed E-state index contributed by atoms with van der Waals surface area (Å²) in [5, 5.41) is 19.9. The number of rotatable bonds is 0. The van der Waals surface area contributed by atoms with Crippen molar-refractivity contribution in [1.29, 1.82) is 0 Å². The van der Waals surface area contributed by atoms with E-state index in [1.807, 2.05) is 0 Å². The lowest BCUT2D eigenvalue weighted by Gasteiger charge is -2.27. The monoisotopic (exact) mass is 250 g/mol. The van der Waals surface area contributed by atoms with Crippen LogP contribution in [0, 0.1) is 0 Å². The molecule has 4 heterocycles. The van der Waals surface area contributed by atoms with Crippen LogP contribution in [0.2, 0.25) is 0 Å². The van der Waals surface area contributed by atoms with E-state index in [9.17, 15) is 15.0 Å². The lowest BCUT2D eigenvalue weighted by molar-refractivity contribution is -0.110. The maximum absolute atomic E-state index is 11.6. The summed E-state index contributed by atoms with van der Waals surface area (Å²) >= 11 is 0. The van der Waals surface area contributed by atoms with Crippen LogP contribution in [0.5, 0.6) is 0 Å². The van der Waals surface area contributed by atoms with Crippen molar-refractivity contribution in [1.82, 2.24) is 19.5 Å². The SMILES string of the molecule is O=c1[nH]cnc2c1nc1n2[C@H]2C[C@H](O)[C@H](O2)[C@@H]1O. The van der Waals surface area contributed by atoms with E-state index in [2.05, 4.69) is 15.0 Å². The molecule has 0 radical (unpaired) electrons. The summed E-state index contributed by atoms with van der Waals surface area (Å²) in [7, 11) is 0. The molecule has 4 atom stereocenters. The molecule has 0 unspecified atom stereocenters. The second-order valence-corrected chi connectivity index (χ2v) is 4.55. The highest BCUT2D eigenvalue weighted by Gasteiger charge is 2.47. The summed E-state index contributed by atoms with van der Waals surface area (Å²) in [5.74, 6) is 0.326. The molecule has 8 nitrogen and oxygen atoms in total. The molecule has 2 aromatic rings.